The molecule has 1 heterocycles. The number of unbranched alkanes of at least 4 members (excludes halogenated alkanes) is 3. The van der Waals surface area contributed by atoms with Crippen molar-refractivity contribution in [3.63, 3.8) is 0 Å². The molecule has 3 aromatic rings. The van der Waals surface area contributed by atoms with Gasteiger partial charge in [-0.2, -0.15) is 0 Å². The summed E-state index contributed by atoms with van der Waals surface area (Å²) in [5.41, 5.74) is 8.76. The summed E-state index contributed by atoms with van der Waals surface area (Å²) in [6.07, 6.45) is 8.87. The summed E-state index contributed by atoms with van der Waals surface area (Å²) in [7, 11) is 0. The first-order chi connectivity index (χ1) is 17.1. The molecule has 0 radical (unpaired) electrons. The fourth-order valence-corrected chi connectivity index (χ4v) is 4.36. The lowest BCUT2D eigenvalue weighted by atomic mass is 10.1. The van der Waals surface area contributed by atoms with Gasteiger partial charge in [-0.05, 0) is 61.2 Å². The summed E-state index contributed by atoms with van der Waals surface area (Å²) < 4.78 is 11.3. The molecule has 0 unspecified atom stereocenters. The minimum Gasteiger partial charge on any atom is -0.490 e. The van der Waals surface area contributed by atoms with Crippen molar-refractivity contribution in [2.75, 3.05) is 38.6 Å². The van der Waals surface area contributed by atoms with Crippen LogP contribution in [0, 0.1) is 0 Å². The summed E-state index contributed by atoms with van der Waals surface area (Å²) in [6.45, 7) is 4.82. The molecule has 5 nitrogen and oxygen atoms in total. The predicted octanol–water partition coefficient (Wildman–Crippen LogP) is 6.67. The highest BCUT2D eigenvalue weighted by molar-refractivity contribution is 6.38. The van der Waals surface area contributed by atoms with Crippen molar-refractivity contribution in [1.82, 2.24) is 9.88 Å². The van der Waals surface area contributed by atoms with E-state index in [1.54, 1.807) is 12.4 Å². The zero-order valence-corrected chi connectivity index (χ0v) is 21.7. The number of ether oxygens (including phenoxy) is 2. The molecule has 35 heavy (non-hydrogen) atoms. The van der Waals surface area contributed by atoms with E-state index in [-0.39, 0.29) is 0 Å². The summed E-state index contributed by atoms with van der Waals surface area (Å²) >= 11 is 12.4. The molecule has 0 spiro atoms. The van der Waals surface area contributed by atoms with Crippen LogP contribution in [0.3, 0.4) is 0 Å². The van der Waals surface area contributed by atoms with Crippen LogP contribution in [-0.2, 0) is 17.7 Å². The van der Waals surface area contributed by atoms with Gasteiger partial charge in [0.1, 0.15) is 12.4 Å². The van der Waals surface area contributed by atoms with E-state index in [2.05, 4.69) is 40.2 Å². The fourth-order valence-electron chi connectivity index (χ4n) is 3.83. The van der Waals surface area contributed by atoms with E-state index < -0.39 is 0 Å². The van der Waals surface area contributed by atoms with Crippen LogP contribution < -0.4 is 10.5 Å². The summed E-state index contributed by atoms with van der Waals surface area (Å²) in [4.78, 5) is 6.53. The van der Waals surface area contributed by atoms with Crippen molar-refractivity contribution in [2.24, 2.45) is 0 Å². The molecule has 0 fully saturated rings. The Kier molecular flexibility index (Phi) is 12.2. The number of halogens is 2. The molecule has 188 valence electrons. The van der Waals surface area contributed by atoms with Gasteiger partial charge in [-0.1, -0.05) is 66.4 Å². The van der Waals surface area contributed by atoms with Gasteiger partial charge in [0, 0.05) is 25.9 Å². The summed E-state index contributed by atoms with van der Waals surface area (Å²) in [5.74, 6) is 0.777. The molecule has 7 heteroatoms. The van der Waals surface area contributed by atoms with Gasteiger partial charge >= 0.3 is 0 Å². The third-order valence-corrected chi connectivity index (χ3v) is 6.37. The maximum atomic E-state index is 6.22. The number of hydrogen-bond acceptors (Lipinski definition) is 5. The average molecular weight is 517 g/mol. The minimum atomic E-state index is 0.447. The molecule has 0 aliphatic heterocycles. The molecule has 0 saturated heterocycles. The zero-order chi connectivity index (χ0) is 24.7. The molecule has 0 aliphatic carbocycles. The maximum Gasteiger partial charge on any atom is 0.137 e. The Morgan fingerprint density at radius 1 is 0.800 bits per heavy atom. The van der Waals surface area contributed by atoms with Gasteiger partial charge in [0.2, 0.25) is 0 Å². The highest BCUT2D eigenvalue weighted by Crippen LogP contribution is 2.29. The molecule has 0 bridgehead atoms. The molecule has 1 aromatic heterocycles. The van der Waals surface area contributed by atoms with E-state index in [1.807, 2.05) is 24.3 Å². The lowest BCUT2D eigenvalue weighted by molar-refractivity contribution is 0.0968. The first-order valence-corrected chi connectivity index (χ1v) is 13.0. The molecule has 2 aromatic carbocycles. The van der Waals surface area contributed by atoms with Crippen molar-refractivity contribution in [3.05, 3.63) is 88.2 Å². The predicted molar refractivity (Wildman–Crippen MR) is 145 cm³/mol. The molecule has 0 saturated carbocycles. The monoisotopic (exact) mass is 515 g/mol. The smallest absolute Gasteiger partial charge is 0.137 e. The number of rotatable bonds is 16. The Labute approximate surface area is 219 Å². The maximum absolute atomic E-state index is 6.22. The van der Waals surface area contributed by atoms with Gasteiger partial charge in [-0.3, -0.25) is 9.88 Å². The average Bonchev–Trinajstić information content (AvgIpc) is 2.88. The number of nitrogen functional groups attached to an aromatic ring is 1. The number of hydrogen-bond donors (Lipinski definition) is 1. The van der Waals surface area contributed by atoms with Crippen molar-refractivity contribution >= 4 is 28.9 Å². The molecule has 0 atom stereocenters. The van der Waals surface area contributed by atoms with Crippen LogP contribution in [0.15, 0.2) is 67.0 Å². The molecule has 3 rings (SSSR count). The van der Waals surface area contributed by atoms with Crippen LogP contribution in [0.1, 0.15) is 36.8 Å². The topological polar surface area (TPSA) is 60.6 Å². The highest BCUT2D eigenvalue weighted by atomic mass is 35.5. The van der Waals surface area contributed by atoms with Gasteiger partial charge < -0.3 is 15.2 Å². The van der Waals surface area contributed by atoms with Crippen LogP contribution in [0.2, 0.25) is 10.0 Å². The largest absolute Gasteiger partial charge is 0.490 e. The molecule has 0 amide bonds. The highest BCUT2D eigenvalue weighted by Gasteiger charge is 2.09. The van der Waals surface area contributed by atoms with E-state index in [9.17, 15) is 0 Å². The standard InChI is InChI=1S/C28H35Cl2N3O2/c29-26-19-24(20-27(30)28(26)31)12-15-33(22-23-9-4-3-5-10-23)14-6-1-2-7-16-34-17-18-35-25-11-8-13-32-21-25/h3-5,8-11,13,19-21H,1-2,6-7,12,14-18,22,31H2. The van der Waals surface area contributed by atoms with Gasteiger partial charge in [0.25, 0.3) is 0 Å². The van der Waals surface area contributed by atoms with Crippen LogP contribution >= 0.6 is 23.2 Å². The minimum absolute atomic E-state index is 0.447. The summed E-state index contributed by atoms with van der Waals surface area (Å²) in [5, 5.41) is 1.04. The Morgan fingerprint density at radius 3 is 2.31 bits per heavy atom. The van der Waals surface area contributed by atoms with Crippen molar-refractivity contribution in [1.29, 1.82) is 0 Å². The third-order valence-electron chi connectivity index (χ3n) is 5.75. The number of nitrogens with two attached hydrogens (primary N) is 1. The number of anilines is 1. The van der Waals surface area contributed by atoms with E-state index in [0.29, 0.717) is 28.9 Å². The lowest BCUT2D eigenvalue weighted by Crippen LogP contribution is -2.27. The lowest BCUT2D eigenvalue weighted by Gasteiger charge is -2.23. The Morgan fingerprint density at radius 2 is 1.57 bits per heavy atom. The van der Waals surface area contributed by atoms with Crippen LogP contribution in [-0.4, -0.2) is 42.8 Å². The number of nitrogens with zero attached hydrogens (tertiary/aromatic N) is 2. The normalized spacial score (nSPS) is 11.2. The molecule has 2 N–H and O–H groups in total. The zero-order valence-electron chi connectivity index (χ0n) is 20.2. The van der Waals surface area contributed by atoms with Crippen molar-refractivity contribution < 1.29 is 9.47 Å². The van der Waals surface area contributed by atoms with Crippen LogP contribution in [0.5, 0.6) is 5.75 Å². The van der Waals surface area contributed by atoms with Gasteiger partial charge in [-0.15, -0.1) is 0 Å². The number of benzene rings is 2. The molecule has 0 aliphatic rings. The molecular weight excluding hydrogens is 481 g/mol. The third kappa shape index (κ3) is 10.5. The Balaban J connectivity index is 1.33. The number of aromatic nitrogens is 1. The first-order valence-electron chi connectivity index (χ1n) is 12.2. The van der Waals surface area contributed by atoms with Crippen LogP contribution in [0.25, 0.3) is 0 Å². The van der Waals surface area contributed by atoms with Crippen LogP contribution in [0.4, 0.5) is 5.69 Å². The Hall–Kier alpha value is -2.31. The number of pyridine rings is 1. The SMILES string of the molecule is Nc1c(Cl)cc(CCN(CCCCCCOCCOc2cccnc2)Cc2ccccc2)cc1Cl. The first kappa shape index (κ1) is 27.3. The van der Waals surface area contributed by atoms with E-state index in [1.165, 1.54) is 12.0 Å². The van der Waals surface area contributed by atoms with Crippen molar-refractivity contribution in [3.8, 4) is 5.75 Å². The summed E-state index contributed by atoms with van der Waals surface area (Å²) in [6, 6.07) is 18.2. The second-order valence-electron chi connectivity index (χ2n) is 8.55. The van der Waals surface area contributed by atoms with E-state index in [4.69, 9.17) is 38.4 Å². The van der Waals surface area contributed by atoms with Gasteiger partial charge in [0.05, 0.1) is 28.5 Å². The molecular formula is C28H35Cl2N3O2. The Bertz CT molecular complexity index is 967. The fraction of sp³-hybridized carbons (Fsp3) is 0.393. The second-order valence-corrected chi connectivity index (χ2v) is 9.36. The van der Waals surface area contributed by atoms with E-state index >= 15 is 0 Å². The van der Waals surface area contributed by atoms with E-state index in [0.717, 1.165) is 63.2 Å². The van der Waals surface area contributed by atoms with Gasteiger partial charge in [0.15, 0.2) is 0 Å². The second kappa shape index (κ2) is 15.6. The van der Waals surface area contributed by atoms with Gasteiger partial charge in [-0.25, -0.2) is 0 Å². The quantitative estimate of drug-likeness (QED) is 0.170. The van der Waals surface area contributed by atoms with Crippen molar-refractivity contribution in [2.45, 2.75) is 38.6 Å².